The molecule has 1 aromatic heterocycles. The van der Waals surface area contributed by atoms with Crippen LogP contribution in [0.3, 0.4) is 0 Å². The molecule has 0 N–H and O–H groups in total. The monoisotopic (exact) mass is 264 g/mol. The van der Waals surface area contributed by atoms with Crippen molar-refractivity contribution < 1.29 is 9.47 Å². The molecule has 1 aliphatic rings. The van der Waals surface area contributed by atoms with Gasteiger partial charge in [0.25, 0.3) is 0 Å². The number of aromatic nitrogens is 2. The SMILES string of the molecule is Cc1cn(Cc2cc3c(cc2Cl)OCO3)c(C)n1. The lowest BCUT2D eigenvalue weighted by molar-refractivity contribution is 0.174. The van der Waals surface area contributed by atoms with Crippen LogP contribution in [0.1, 0.15) is 17.1 Å². The van der Waals surface area contributed by atoms with E-state index < -0.39 is 0 Å². The Balaban J connectivity index is 1.95. The van der Waals surface area contributed by atoms with Gasteiger partial charge >= 0.3 is 0 Å². The second kappa shape index (κ2) is 4.21. The third-order valence-corrected chi connectivity index (χ3v) is 3.33. The maximum absolute atomic E-state index is 6.25. The summed E-state index contributed by atoms with van der Waals surface area (Å²) in [5, 5.41) is 0.685. The van der Waals surface area contributed by atoms with Gasteiger partial charge in [0.15, 0.2) is 11.5 Å². The highest BCUT2D eigenvalue weighted by Gasteiger charge is 2.17. The molecule has 0 radical (unpaired) electrons. The number of rotatable bonds is 2. The van der Waals surface area contributed by atoms with E-state index in [9.17, 15) is 0 Å². The van der Waals surface area contributed by atoms with Crippen LogP contribution in [0.25, 0.3) is 0 Å². The Morgan fingerprint density at radius 2 is 2.00 bits per heavy atom. The van der Waals surface area contributed by atoms with Crippen LogP contribution in [0.15, 0.2) is 18.3 Å². The second-order valence-corrected chi connectivity index (χ2v) is 4.76. The fraction of sp³-hybridized carbons (Fsp3) is 0.308. The Bertz CT molecular complexity index is 607. The first-order valence-electron chi connectivity index (χ1n) is 5.72. The molecule has 0 bridgehead atoms. The predicted octanol–water partition coefficient (Wildman–Crippen LogP) is 2.93. The summed E-state index contributed by atoms with van der Waals surface area (Å²) in [7, 11) is 0. The van der Waals surface area contributed by atoms with E-state index in [1.807, 2.05) is 26.1 Å². The summed E-state index contributed by atoms with van der Waals surface area (Å²) in [5.41, 5.74) is 2.01. The summed E-state index contributed by atoms with van der Waals surface area (Å²) in [5.74, 6) is 2.44. The van der Waals surface area contributed by atoms with Crippen LogP contribution in [-0.4, -0.2) is 16.3 Å². The van der Waals surface area contributed by atoms with Crippen LogP contribution < -0.4 is 9.47 Å². The zero-order valence-corrected chi connectivity index (χ0v) is 11.0. The van der Waals surface area contributed by atoms with Crippen LogP contribution in [-0.2, 0) is 6.54 Å². The molecule has 0 atom stereocenters. The predicted molar refractivity (Wildman–Crippen MR) is 68.4 cm³/mol. The molecule has 2 aromatic rings. The molecule has 0 spiro atoms. The molecule has 0 saturated heterocycles. The van der Waals surface area contributed by atoms with Crippen molar-refractivity contribution in [3.63, 3.8) is 0 Å². The fourth-order valence-corrected chi connectivity index (χ4v) is 2.30. The number of fused-ring (bicyclic) bond motifs is 1. The van der Waals surface area contributed by atoms with E-state index in [1.165, 1.54) is 0 Å². The molecule has 0 unspecified atom stereocenters. The average molecular weight is 265 g/mol. The number of aryl methyl sites for hydroxylation is 2. The van der Waals surface area contributed by atoms with Crippen molar-refractivity contribution in [3.8, 4) is 11.5 Å². The van der Waals surface area contributed by atoms with E-state index >= 15 is 0 Å². The van der Waals surface area contributed by atoms with Crippen molar-refractivity contribution in [1.82, 2.24) is 9.55 Å². The van der Waals surface area contributed by atoms with Gasteiger partial charge in [-0.3, -0.25) is 0 Å². The topological polar surface area (TPSA) is 36.3 Å². The molecule has 0 amide bonds. The van der Waals surface area contributed by atoms with E-state index in [2.05, 4.69) is 9.55 Å². The lowest BCUT2D eigenvalue weighted by atomic mass is 10.2. The van der Waals surface area contributed by atoms with Crippen LogP contribution in [0, 0.1) is 13.8 Å². The largest absolute Gasteiger partial charge is 0.454 e. The smallest absolute Gasteiger partial charge is 0.231 e. The van der Waals surface area contributed by atoms with Gasteiger partial charge in [0, 0.05) is 17.3 Å². The zero-order chi connectivity index (χ0) is 12.7. The lowest BCUT2D eigenvalue weighted by Gasteiger charge is -2.08. The third kappa shape index (κ3) is 1.93. The number of nitrogens with zero attached hydrogens (tertiary/aromatic N) is 2. The minimum atomic E-state index is 0.262. The number of ether oxygens (including phenoxy) is 2. The van der Waals surface area contributed by atoms with Crippen LogP contribution in [0.5, 0.6) is 11.5 Å². The molecule has 0 fully saturated rings. The number of imidazole rings is 1. The van der Waals surface area contributed by atoms with Crippen molar-refractivity contribution in [2.24, 2.45) is 0 Å². The Morgan fingerprint density at radius 3 is 2.67 bits per heavy atom. The average Bonchev–Trinajstić information content (AvgIpc) is 2.86. The number of hydrogen-bond donors (Lipinski definition) is 0. The molecular weight excluding hydrogens is 252 g/mol. The zero-order valence-electron chi connectivity index (χ0n) is 10.2. The maximum atomic E-state index is 6.25. The molecule has 94 valence electrons. The van der Waals surface area contributed by atoms with E-state index in [0.717, 1.165) is 22.8 Å². The van der Waals surface area contributed by atoms with Crippen LogP contribution in [0.4, 0.5) is 0 Å². The molecule has 1 aliphatic heterocycles. The van der Waals surface area contributed by atoms with Crippen molar-refractivity contribution in [1.29, 1.82) is 0 Å². The maximum Gasteiger partial charge on any atom is 0.231 e. The minimum absolute atomic E-state index is 0.262. The highest BCUT2D eigenvalue weighted by Crippen LogP contribution is 2.37. The van der Waals surface area contributed by atoms with Crippen molar-refractivity contribution in [3.05, 3.63) is 40.4 Å². The van der Waals surface area contributed by atoms with Gasteiger partial charge in [-0.05, 0) is 25.5 Å². The summed E-state index contributed by atoms with van der Waals surface area (Å²) in [6.07, 6.45) is 2.01. The van der Waals surface area contributed by atoms with Gasteiger partial charge in [0.05, 0.1) is 12.2 Å². The molecule has 0 saturated carbocycles. The Labute approximate surface area is 110 Å². The van der Waals surface area contributed by atoms with E-state index in [4.69, 9.17) is 21.1 Å². The van der Waals surface area contributed by atoms with Gasteiger partial charge in [0.1, 0.15) is 5.82 Å². The van der Waals surface area contributed by atoms with E-state index in [1.54, 1.807) is 6.07 Å². The molecular formula is C13H13ClN2O2. The first kappa shape index (κ1) is 11.4. The van der Waals surface area contributed by atoms with Crippen LogP contribution in [0.2, 0.25) is 5.02 Å². The fourth-order valence-electron chi connectivity index (χ4n) is 2.09. The minimum Gasteiger partial charge on any atom is -0.454 e. The van der Waals surface area contributed by atoms with Gasteiger partial charge in [0.2, 0.25) is 6.79 Å². The van der Waals surface area contributed by atoms with Crippen molar-refractivity contribution in [2.75, 3.05) is 6.79 Å². The molecule has 1 aromatic carbocycles. The highest BCUT2D eigenvalue weighted by molar-refractivity contribution is 6.31. The quantitative estimate of drug-likeness (QED) is 0.837. The second-order valence-electron chi connectivity index (χ2n) is 4.35. The van der Waals surface area contributed by atoms with Gasteiger partial charge in [-0.15, -0.1) is 0 Å². The number of halogens is 1. The highest BCUT2D eigenvalue weighted by atomic mass is 35.5. The normalized spacial score (nSPS) is 13.1. The van der Waals surface area contributed by atoms with E-state index in [0.29, 0.717) is 17.3 Å². The summed E-state index contributed by atoms with van der Waals surface area (Å²) >= 11 is 6.25. The van der Waals surface area contributed by atoms with Gasteiger partial charge in [-0.25, -0.2) is 4.98 Å². The van der Waals surface area contributed by atoms with Gasteiger partial charge in [-0.1, -0.05) is 11.6 Å². The Hall–Kier alpha value is -1.68. The van der Waals surface area contributed by atoms with Crippen molar-refractivity contribution >= 4 is 11.6 Å². The lowest BCUT2D eigenvalue weighted by Crippen LogP contribution is -2.01. The molecule has 0 aliphatic carbocycles. The molecule has 18 heavy (non-hydrogen) atoms. The molecule has 2 heterocycles. The first-order valence-corrected chi connectivity index (χ1v) is 6.09. The molecule has 4 nitrogen and oxygen atoms in total. The summed E-state index contributed by atoms with van der Waals surface area (Å²) in [6, 6.07) is 3.73. The molecule has 5 heteroatoms. The Kier molecular flexibility index (Phi) is 2.67. The Morgan fingerprint density at radius 1 is 1.28 bits per heavy atom. The van der Waals surface area contributed by atoms with E-state index in [-0.39, 0.29) is 6.79 Å². The third-order valence-electron chi connectivity index (χ3n) is 2.98. The standard InChI is InChI=1S/C13H13ClN2O2/c1-8-5-16(9(2)15-8)6-10-3-12-13(4-11(10)14)18-7-17-12/h3-5H,6-7H2,1-2H3. The number of hydrogen-bond acceptors (Lipinski definition) is 3. The first-order chi connectivity index (χ1) is 8.63. The summed E-state index contributed by atoms with van der Waals surface area (Å²) < 4.78 is 12.7. The van der Waals surface area contributed by atoms with Gasteiger partial charge < -0.3 is 14.0 Å². The summed E-state index contributed by atoms with van der Waals surface area (Å²) in [6.45, 7) is 4.90. The molecule has 3 rings (SSSR count). The van der Waals surface area contributed by atoms with Crippen LogP contribution >= 0.6 is 11.6 Å². The summed E-state index contributed by atoms with van der Waals surface area (Å²) in [4.78, 5) is 4.37. The number of benzene rings is 1. The van der Waals surface area contributed by atoms with Gasteiger partial charge in [-0.2, -0.15) is 0 Å². The van der Waals surface area contributed by atoms with Crippen molar-refractivity contribution in [2.45, 2.75) is 20.4 Å².